The van der Waals surface area contributed by atoms with E-state index in [2.05, 4.69) is 5.32 Å². The summed E-state index contributed by atoms with van der Waals surface area (Å²) >= 11 is 0. The van der Waals surface area contributed by atoms with E-state index in [9.17, 15) is 8.42 Å². The molecule has 2 heterocycles. The minimum Gasteiger partial charge on any atom is -0.377 e. The van der Waals surface area contributed by atoms with Crippen LogP contribution in [0.5, 0.6) is 0 Å². The van der Waals surface area contributed by atoms with Crippen LogP contribution < -0.4 is 5.32 Å². The molecular weight excluding hydrogens is 276 g/mol. The summed E-state index contributed by atoms with van der Waals surface area (Å²) in [7, 11) is -3.15. The van der Waals surface area contributed by atoms with Gasteiger partial charge in [0.1, 0.15) is 0 Å². The summed E-state index contributed by atoms with van der Waals surface area (Å²) in [6, 6.07) is 0.241. The van der Waals surface area contributed by atoms with Gasteiger partial charge in [0.05, 0.1) is 11.9 Å². The van der Waals surface area contributed by atoms with Crippen LogP contribution in [0.3, 0.4) is 0 Å². The maximum atomic E-state index is 12.2. The normalized spacial score (nSPS) is 30.7. The molecule has 0 aromatic heterocycles. The first-order chi connectivity index (χ1) is 8.08. The molecule has 1 N–H and O–H groups in total. The van der Waals surface area contributed by atoms with Gasteiger partial charge in [0, 0.05) is 32.3 Å². The number of hydrogen-bond donors (Lipinski definition) is 1. The van der Waals surface area contributed by atoms with Gasteiger partial charge in [-0.2, -0.15) is 4.31 Å². The molecule has 108 valence electrons. The Bertz CT molecular complexity index is 344. The highest BCUT2D eigenvalue weighted by molar-refractivity contribution is 7.89. The third-order valence-electron chi connectivity index (χ3n) is 3.40. The fraction of sp³-hybridized carbons (Fsp3) is 1.00. The van der Waals surface area contributed by atoms with Gasteiger partial charge in [-0.25, -0.2) is 8.42 Å². The fourth-order valence-electron chi connectivity index (χ4n) is 2.43. The third-order valence-corrected chi connectivity index (χ3v) is 5.31. The Morgan fingerprint density at radius 2 is 2.17 bits per heavy atom. The number of halogens is 1. The lowest BCUT2D eigenvalue weighted by molar-refractivity contribution is 0.0298. The van der Waals surface area contributed by atoms with Gasteiger partial charge in [-0.3, -0.25) is 0 Å². The van der Waals surface area contributed by atoms with Crippen molar-refractivity contribution < 1.29 is 13.2 Å². The van der Waals surface area contributed by atoms with E-state index < -0.39 is 10.0 Å². The number of ether oxygens (including phenoxy) is 1. The van der Waals surface area contributed by atoms with Crippen LogP contribution >= 0.6 is 12.4 Å². The molecule has 18 heavy (non-hydrogen) atoms. The van der Waals surface area contributed by atoms with Crippen LogP contribution in [0.25, 0.3) is 0 Å². The van der Waals surface area contributed by atoms with E-state index in [0.717, 1.165) is 25.8 Å². The zero-order chi connectivity index (χ0) is 12.3. The molecule has 2 fully saturated rings. The molecule has 0 amide bonds. The number of sulfonamides is 1. The number of piperazine rings is 1. The summed E-state index contributed by atoms with van der Waals surface area (Å²) in [5.41, 5.74) is 0. The zero-order valence-electron chi connectivity index (χ0n) is 10.8. The highest BCUT2D eigenvalue weighted by Crippen LogP contribution is 2.17. The summed E-state index contributed by atoms with van der Waals surface area (Å²) in [5, 5.41) is 3.25. The Morgan fingerprint density at radius 3 is 2.78 bits per heavy atom. The minimum atomic E-state index is -3.15. The van der Waals surface area contributed by atoms with Gasteiger partial charge in [-0.15, -0.1) is 12.4 Å². The summed E-state index contributed by atoms with van der Waals surface area (Å²) in [6.45, 7) is 4.62. The molecule has 5 nitrogen and oxygen atoms in total. The molecule has 0 spiro atoms. The van der Waals surface area contributed by atoms with Crippen molar-refractivity contribution in [3.8, 4) is 0 Å². The van der Waals surface area contributed by atoms with Gasteiger partial charge in [0.2, 0.25) is 10.0 Å². The number of nitrogens with one attached hydrogen (secondary N) is 1. The Kier molecular flexibility index (Phi) is 6.34. The smallest absolute Gasteiger partial charge is 0.216 e. The fourth-order valence-corrected chi connectivity index (χ4v) is 4.19. The molecule has 0 aromatic rings. The van der Waals surface area contributed by atoms with Crippen molar-refractivity contribution in [2.45, 2.75) is 38.3 Å². The van der Waals surface area contributed by atoms with Gasteiger partial charge in [0.15, 0.2) is 0 Å². The summed E-state index contributed by atoms with van der Waals surface area (Å²) in [6.07, 6.45) is 2.92. The van der Waals surface area contributed by atoms with Gasteiger partial charge >= 0.3 is 0 Å². The van der Waals surface area contributed by atoms with Crippen LogP contribution in [-0.4, -0.2) is 56.9 Å². The van der Waals surface area contributed by atoms with Crippen LogP contribution in [-0.2, 0) is 14.8 Å². The van der Waals surface area contributed by atoms with E-state index in [1.807, 2.05) is 6.92 Å². The summed E-state index contributed by atoms with van der Waals surface area (Å²) in [5.74, 6) is 0.153. The lowest BCUT2D eigenvalue weighted by Crippen LogP contribution is -2.52. The maximum absolute atomic E-state index is 12.2. The van der Waals surface area contributed by atoms with Crippen molar-refractivity contribution in [3.05, 3.63) is 0 Å². The lowest BCUT2D eigenvalue weighted by Gasteiger charge is -2.32. The van der Waals surface area contributed by atoms with Crippen molar-refractivity contribution in [2.24, 2.45) is 0 Å². The average Bonchev–Trinajstić information content (AvgIpc) is 2.30. The second-order valence-electron chi connectivity index (χ2n) is 4.98. The SMILES string of the molecule is C[C@@H]1CN(S(=O)(=O)CC2CCCCO2)CCN1.Cl. The molecule has 0 saturated carbocycles. The van der Waals surface area contributed by atoms with Crippen LogP contribution in [0.4, 0.5) is 0 Å². The third kappa shape index (κ3) is 4.35. The molecule has 2 aliphatic rings. The number of nitrogens with zero attached hydrogens (tertiary/aromatic N) is 1. The molecule has 0 aromatic carbocycles. The van der Waals surface area contributed by atoms with Crippen LogP contribution in [0.2, 0.25) is 0 Å². The predicted molar refractivity (Wildman–Crippen MR) is 73.7 cm³/mol. The molecule has 0 aliphatic carbocycles. The summed E-state index contributed by atoms with van der Waals surface area (Å²) in [4.78, 5) is 0. The van der Waals surface area contributed by atoms with E-state index in [4.69, 9.17) is 4.74 Å². The molecule has 0 bridgehead atoms. The van der Waals surface area contributed by atoms with Gasteiger partial charge in [0.25, 0.3) is 0 Å². The molecule has 7 heteroatoms. The molecule has 2 atom stereocenters. The average molecular weight is 299 g/mol. The van der Waals surface area contributed by atoms with Crippen molar-refractivity contribution >= 4 is 22.4 Å². The molecular formula is C11H23ClN2O3S. The summed E-state index contributed by atoms with van der Waals surface area (Å²) < 4.78 is 31.5. The van der Waals surface area contributed by atoms with Crippen molar-refractivity contribution in [1.82, 2.24) is 9.62 Å². The predicted octanol–water partition coefficient (Wildman–Crippen LogP) is 0.601. The van der Waals surface area contributed by atoms with Gasteiger partial charge in [-0.05, 0) is 26.2 Å². The largest absolute Gasteiger partial charge is 0.377 e. The molecule has 2 aliphatic heterocycles. The Balaban J connectivity index is 0.00000162. The maximum Gasteiger partial charge on any atom is 0.216 e. The molecule has 1 unspecified atom stereocenters. The van der Waals surface area contributed by atoms with E-state index >= 15 is 0 Å². The topological polar surface area (TPSA) is 58.6 Å². The van der Waals surface area contributed by atoms with Crippen LogP contribution in [0.15, 0.2) is 0 Å². The van der Waals surface area contributed by atoms with Crippen LogP contribution in [0.1, 0.15) is 26.2 Å². The van der Waals surface area contributed by atoms with Crippen LogP contribution in [0, 0.1) is 0 Å². The Labute approximate surface area is 116 Å². The van der Waals surface area contributed by atoms with Gasteiger partial charge < -0.3 is 10.1 Å². The first-order valence-electron chi connectivity index (χ1n) is 6.41. The number of rotatable bonds is 3. The Morgan fingerprint density at radius 1 is 1.39 bits per heavy atom. The lowest BCUT2D eigenvalue weighted by atomic mass is 10.1. The van der Waals surface area contributed by atoms with E-state index in [1.54, 1.807) is 4.31 Å². The highest BCUT2D eigenvalue weighted by Gasteiger charge is 2.30. The minimum absolute atomic E-state index is 0. The molecule has 0 radical (unpaired) electrons. The second kappa shape index (κ2) is 7.05. The molecule has 2 saturated heterocycles. The standard InChI is InChI=1S/C11H22N2O3S.ClH/c1-10-8-13(6-5-12-10)17(14,15)9-11-4-2-3-7-16-11;/h10-12H,2-9H2,1H3;1H/t10-,11?;/m1./s1. The van der Waals surface area contributed by atoms with Crippen molar-refractivity contribution in [3.63, 3.8) is 0 Å². The monoisotopic (exact) mass is 298 g/mol. The van der Waals surface area contributed by atoms with Crippen molar-refractivity contribution in [1.29, 1.82) is 0 Å². The van der Waals surface area contributed by atoms with Gasteiger partial charge in [-0.1, -0.05) is 0 Å². The second-order valence-corrected chi connectivity index (χ2v) is 6.99. The van der Waals surface area contributed by atoms with E-state index in [-0.39, 0.29) is 30.3 Å². The van der Waals surface area contributed by atoms with Crippen molar-refractivity contribution in [2.75, 3.05) is 32.0 Å². The molecule has 2 rings (SSSR count). The number of hydrogen-bond acceptors (Lipinski definition) is 4. The van der Waals surface area contributed by atoms with E-state index in [1.165, 1.54) is 0 Å². The zero-order valence-corrected chi connectivity index (χ0v) is 12.4. The first-order valence-corrected chi connectivity index (χ1v) is 8.01. The quantitative estimate of drug-likeness (QED) is 0.829. The first kappa shape index (κ1) is 16.2. The van der Waals surface area contributed by atoms with E-state index in [0.29, 0.717) is 19.7 Å². The highest BCUT2D eigenvalue weighted by atomic mass is 35.5. The Hall–Kier alpha value is 0.120.